The predicted octanol–water partition coefficient (Wildman–Crippen LogP) is 3.97. The van der Waals surface area contributed by atoms with E-state index >= 15 is 0 Å². The molecule has 0 unspecified atom stereocenters. The maximum atomic E-state index is 12.5. The number of esters is 1. The molecule has 0 spiro atoms. The number of hydrogen-bond acceptors (Lipinski definition) is 3. The molecule has 0 saturated carbocycles. The average Bonchev–Trinajstić information content (AvgIpc) is 2.55. The second kappa shape index (κ2) is 6.26. The highest BCUT2D eigenvalue weighted by molar-refractivity contribution is 6.31. The number of fused-ring (bicyclic) bond motifs is 1. The molecule has 0 atom stereocenters. The lowest BCUT2D eigenvalue weighted by Gasteiger charge is -2.12. The summed E-state index contributed by atoms with van der Waals surface area (Å²) in [6.07, 6.45) is 1.40. The Labute approximate surface area is 138 Å². The van der Waals surface area contributed by atoms with Gasteiger partial charge in [0.25, 0.3) is 0 Å². The molecule has 1 heterocycles. The Morgan fingerprint density at radius 3 is 2.65 bits per heavy atom. The Hall–Kier alpha value is -2.59. The van der Waals surface area contributed by atoms with Gasteiger partial charge in [0.2, 0.25) is 5.52 Å². The first-order chi connectivity index (χ1) is 11.1. The van der Waals surface area contributed by atoms with E-state index in [-0.39, 0.29) is 6.61 Å². The number of nitrogens with zero attached hydrogens (tertiary/aromatic N) is 1. The zero-order chi connectivity index (χ0) is 16.4. The summed E-state index contributed by atoms with van der Waals surface area (Å²) in [5, 5.41) is 13.3. The van der Waals surface area contributed by atoms with Crippen molar-refractivity contribution in [1.29, 1.82) is 0 Å². The van der Waals surface area contributed by atoms with Gasteiger partial charge in [0.1, 0.15) is 0 Å². The Balaban J connectivity index is 2.39. The fourth-order valence-electron chi connectivity index (χ4n) is 2.56. The van der Waals surface area contributed by atoms with Gasteiger partial charge in [-0.15, -0.1) is 0 Å². The summed E-state index contributed by atoms with van der Waals surface area (Å²) in [7, 11) is 0. The summed E-state index contributed by atoms with van der Waals surface area (Å²) in [5.74, 6) is -0.473. The van der Waals surface area contributed by atoms with E-state index in [1.807, 2.05) is 30.3 Å². The van der Waals surface area contributed by atoms with E-state index < -0.39 is 5.97 Å². The first-order valence-electron chi connectivity index (χ1n) is 7.19. The molecule has 3 aromatic rings. The minimum Gasteiger partial charge on any atom is -0.618 e. The topological polar surface area (TPSA) is 53.2 Å². The van der Waals surface area contributed by atoms with Gasteiger partial charge in [-0.25, -0.2) is 4.79 Å². The normalized spacial score (nSPS) is 10.7. The van der Waals surface area contributed by atoms with E-state index in [2.05, 4.69) is 0 Å². The van der Waals surface area contributed by atoms with Crippen LogP contribution in [0.3, 0.4) is 0 Å². The number of ether oxygens (including phenoxy) is 1. The summed E-state index contributed by atoms with van der Waals surface area (Å²) in [6.45, 7) is 1.99. The zero-order valence-electron chi connectivity index (χ0n) is 12.5. The van der Waals surface area contributed by atoms with Crippen LogP contribution in [0.25, 0.3) is 22.0 Å². The molecule has 2 aromatic carbocycles. The molecule has 116 valence electrons. The molecule has 0 fully saturated rings. The van der Waals surface area contributed by atoms with Crippen LogP contribution in [-0.4, -0.2) is 12.6 Å². The molecule has 4 nitrogen and oxygen atoms in total. The van der Waals surface area contributed by atoms with E-state index in [9.17, 15) is 10.0 Å². The van der Waals surface area contributed by atoms with Crippen LogP contribution in [-0.2, 0) is 4.74 Å². The van der Waals surface area contributed by atoms with Crippen LogP contribution in [0.5, 0.6) is 0 Å². The zero-order valence-corrected chi connectivity index (χ0v) is 13.2. The molecule has 0 aliphatic heterocycles. The van der Waals surface area contributed by atoms with Gasteiger partial charge in [0.15, 0.2) is 6.20 Å². The van der Waals surface area contributed by atoms with Gasteiger partial charge in [-0.1, -0.05) is 41.9 Å². The number of benzene rings is 2. The molecule has 0 bridgehead atoms. The van der Waals surface area contributed by atoms with Crippen molar-refractivity contribution in [2.24, 2.45) is 0 Å². The fourth-order valence-corrected chi connectivity index (χ4v) is 2.73. The summed E-state index contributed by atoms with van der Waals surface area (Å²) in [6, 6.07) is 14.1. The smallest absolute Gasteiger partial charge is 0.339 e. The van der Waals surface area contributed by atoms with Gasteiger partial charge in [0, 0.05) is 11.1 Å². The van der Waals surface area contributed by atoms with Crippen LogP contribution in [0.2, 0.25) is 5.02 Å². The van der Waals surface area contributed by atoms with Crippen molar-refractivity contribution in [3.63, 3.8) is 0 Å². The lowest BCUT2D eigenvalue weighted by atomic mass is 9.98. The first kappa shape index (κ1) is 15.3. The van der Waals surface area contributed by atoms with Gasteiger partial charge in [-0.3, -0.25) is 0 Å². The lowest BCUT2D eigenvalue weighted by molar-refractivity contribution is -0.576. The van der Waals surface area contributed by atoms with Crippen molar-refractivity contribution in [1.82, 2.24) is 0 Å². The lowest BCUT2D eigenvalue weighted by Crippen LogP contribution is -2.28. The van der Waals surface area contributed by atoms with Crippen molar-refractivity contribution >= 4 is 28.5 Å². The van der Waals surface area contributed by atoms with E-state index in [1.54, 1.807) is 25.1 Å². The molecule has 0 aliphatic rings. The quantitative estimate of drug-likeness (QED) is 0.415. The summed E-state index contributed by atoms with van der Waals surface area (Å²) < 4.78 is 5.93. The van der Waals surface area contributed by atoms with Gasteiger partial charge >= 0.3 is 5.97 Å². The maximum Gasteiger partial charge on any atom is 0.339 e. The molecule has 23 heavy (non-hydrogen) atoms. The molecular weight excluding hydrogens is 314 g/mol. The molecule has 3 rings (SSSR count). The van der Waals surface area contributed by atoms with Crippen molar-refractivity contribution in [2.45, 2.75) is 6.92 Å². The van der Waals surface area contributed by atoms with Crippen LogP contribution in [0.4, 0.5) is 0 Å². The van der Waals surface area contributed by atoms with E-state index in [0.717, 1.165) is 10.3 Å². The molecular formula is C18H14ClNO3. The fraction of sp³-hybridized carbons (Fsp3) is 0.111. The van der Waals surface area contributed by atoms with E-state index in [4.69, 9.17) is 16.3 Å². The number of hydrogen-bond donors (Lipinski definition) is 0. The van der Waals surface area contributed by atoms with Crippen molar-refractivity contribution in [2.75, 3.05) is 6.61 Å². The Kier molecular flexibility index (Phi) is 4.17. The van der Waals surface area contributed by atoms with Crippen molar-refractivity contribution in [3.05, 3.63) is 70.5 Å². The third-order valence-electron chi connectivity index (χ3n) is 3.55. The van der Waals surface area contributed by atoms with Gasteiger partial charge in [0.05, 0.1) is 23.1 Å². The second-order valence-electron chi connectivity index (χ2n) is 4.99. The molecule has 0 aliphatic carbocycles. The molecule has 0 amide bonds. The Bertz CT molecular complexity index is 878. The second-order valence-corrected chi connectivity index (χ2v) is 5.43. The number of carbonyl (C=O) groups excluding carboxylic acids is 1. The summed E-state index contributed by atoms with van der Waals surface area (Å²) in [4.78, 5) is 12.5. The monoisotopic (exact) mass is 327 g/mol. The maximum absolute atomic E-state index is 12.5. The van der Waals surface area contributed by atoms with Gasteiger partial charge in [-0.2, -0.15) is 4.73 Å². The number of rotatable bonds is 3. The van der Waals surface area contributed by atoms with Crippen LogP contribution < -0.4 is 4.73 Å². The van der Waals surface area contributed by atoms with Crippen molar-refractivity contribution in [3.8, 4) is 11.1 Å². The number of aromatic nitrogens is 1. The largest absolute Gasteiger partial charge is 0.618 e. The summed E-state index contributed by atoms with van der Waals surface area (Å²) >= 11 is 6.06. The molecule has 0 radical (unpaired) electrons. The Morgan fingerprint density at radius 2 is 1.96 bits per heavy atom. The third-order valence-corrected chi connectivity index (χ3v) is 3.78. The van der Waals surface area contributed by atoms with Gasteiger partial charge in [-0.05, 0) is 24.6 Å². The van der Waals surface area contributed by atoms with Gasteiger partial charge < -0.3 is 9.94 Å². The van der Waals surface area contributed by atoms with E-state index in [0.29, 0.717) is 27.1 Å². The predicted molar refractivity (Wildman–Crippen MR) is 89.3 cm³/mol. The minimum atomic E-state index is -0.473. The summed E-state index contributed by atoms with van der Waals surface area (Å²) in [5.41, 5.74) is 2.01. The standard InChI is InChI=1S/C18H14ClNO3/c1-2-23-18(21)17-14-10-13(19)8-9-16(14)20(22)11-15(17)12-6-4-3-5-7-12/h3-11H,2H2,1H3. The Morgan fingerprint density at radius 1 is 1.22 bits per heavy atom. The highest BCUT2D eigenvalue weighted by Crippen LogP contribution is 2.30. The van der Waals surface area contributed by atoms with Crippen molar-refractivity contribution < 1.29 is 14.3 Å². The number of halogens is 1. The van der Waals surface area contributed by atoms with Crippen LogP contribution in [0, 0.1) is 5.21 Å². The van der Waals surface area contributed by atoms with Crippen LogP contribution in [0.15, 0.2) is 54.7 Å². The number of pyridine rings is 1. The molecule has 1 aromatic heterocycles. The number of carbonyl (C=O) groups is 1. The SMILES string of the molecule is CCOC(=O)c1c(-c2ccccc2)c[n+]([O-])c2ccc(Cl)cc12. The highest BCUT2D eigenvalue weighted by atomic mass is 35.5. The highest BCUT2D eigenvalue weighted by Gasteiger charge is 2.23. The molecule has 0 saturated heterocycles. The van der Waals surface area contributed by atoms with E-state index in [1.165, 1.54) is 6.20 Å². The van der Waals surface area contributed by atoms with Crippen LogP contribution in [0.1, 0.15) is 17.3 Å². The molecule has 5 heteroatoms. The first-order valence-corrected chi connectivity index (χ1v) is 7.57. The van der Waals surface area contributed by atoms with Crippen LogP contribution >= 0.6 is 11.6 Å². The molecule has 0 N–H and O–H groups in total. The average molecular weight is 328 g/mol. The third kappa shape index (κ3) is 2.85. The minimum absolute atomic E-state index is 0.251.